The summed E-state index contributed by atoms with van der Waals surface area (Å²) in [6.45, 7) is 0.715. The van der Waals surface area contributed by atoms with Gasteiger partial charge in [0.05, 0.1) is 18.7 Å². The highest BCUT2D eigenvalue weighted by Crippen LogP contribution is 2.39. The van der Waals surface area contributed by atoms with Gasteiger partial charge in [0, 0.05) is 53.4 Å². The van der Waals surface area contributed by atoms with Crippen molar-refractivity contribution in [2.24, 2.45) is 4.99 Å². The predicted molar refractivity (Wildman–Crippen MR) is 147 cm³/mol. The Hall–Kier alpha value is -2.62. The van der Waals surface area contributed by atoms with Gasteiger partial charge in [0.2, 0.25) is 0 Å². The Morgan fingerprint density at radius 2 is 2.08 bits per heavy atom. The summed E-state index contributed by atoms with van der Waals surface area (Å²) in [5, 5.41) is 5.25. The number of carbonyl (C=O) groups is 2. The molecule has 0 saturated carbocycles. The maximum Gasteiger partial charge on any atom is 0.338 e. The number of benzene rings is 1. The fraction of sp³-hybridized carbons (Fsp3) is 0.440. The number of sulfone groups is 1. The predicted octanol–water partition coefficient (Wildman–Crippen LogP) is 3.67. The zero-order chi connectivity index (χ0) is 29.2. The average Bonchev–Trinajstić information content (AvgIpc) is 3.45. The van der Waals surface area contributed by atoms with E-state index in [1.807, 2.05) is 0 Å². The number of thiazole rings is 1. The molecule has 1 N–H and O–H groups in total. The van der Waals surface area contributed by atoms with Crippen molar-refractivity contribution in [2.75, 3.05) is 31.7 Å². The van der Waals surface area contributed by atoms with Gasteiger partial charge in [-0.3, -0.25) is 14.7 Å². The van der Waals surface area contributed by atoms with Crippen molar-refractivity contribution in [2.45, 2.75) is 37.8 Å². The van der Waals surface area contributed by atoms with Gasteiger partial charge in [-0.1, -0.05) is 22.0 Å². The molecule has 1 saturated heterocycles. The summed E-state index contributed by atoms with van der Waals surface area (Å²) in [5.41, 5.74) is 0.674. The molecule has 0 spiro atoms. The average molecular weight is 664 g/mol. The highest BCUT2D eigenvalue weighted by molar-refractivity contribution is 9.10. The molecule has 2 aromatic rings. The number of carbonyl (C=O) groups excluding carboxylic acids is 2. The second-order valence-corrected chi connectivity index (χ2v) is 13.4. The molecule has 2 aliphatic heterocycles. The summed E-state index contributed by atoms with van der Waals surface area (Å²) >= 11 is 4.60. The van der Waals surface area contributed by atoms with Crippen LogP contribution in [0, 0.1) is 5.82 Å². The third-order valence-corrected chi connectivity index (χ3v) is 8.56. The van der Waals surface area contributed by atoms with E-state index in [2.05, 4.69) is 31.2 Å². The highest BCUT2D eigenvalue weighted by Gasteiger charge is 2.46. The second kappa shape index (κ2) is 12.1. The van der Waals surface area contributed by atoms with Crippen LogP contribution in [-0.4, -0.2) is 79.6 Å². The fourth-order valence-electron chi connectivity index (χ4n) is 4.74. The molecule has 3 heterocycles. The number of hydrogen-bond acceptors (Lipinski definition) is 10. The van der Waals surface area contributed by atoms with Crippen LogP contribution in [0.1, 0.15) is 36.4 Å². The van der Waals surface area contributed by atoms with E-state index >= 15 is 0 Å². The number of aliphatic imine (C=N–C) groups is 1. The molecule has 1 aromatic carbocycles. The van der Waals surface area contributed by atoms with Crippen LogP contribution in [0.25, 0.3) is 0 Å². The van der Waals surface area contributed by atoms with Crippen LogP contribution in [0.2, 0.25) is 0 Å². The van der Waals surface area contributed by atoms with Gasteiger partial charge in [-0.2, -0.15) is 0 Å². The van der Waals surface area contributed by atoms with Gasteiger partial charge in [0.1, 0.15) is 23.4 Å². The molecule has 9 nitrogen and oxygen atoms in total. The Morgan fingerprint density at radius 1 is 1.32 bits per heavy atom. The van der Waals surface area contributed by atoms with Crippen molar-refractivity contribution in [3.63, 3.8) is 0 Å². The van der Waals surface area contributed by atoms with Gasteiger partial charge >= 0.3 is 5.97 Å². The molecule has 216 valence electrons. The Labute approximate surface area is 241 Å². The van der Waals surface area contributed by atoms with Crippen LogP contribution in [0.15, 0.2) is 50.5 Å². The monoisotopic (exact) mass is 662 g/mol. The summed E-state index contributed by atoms with van der Waals surface area (Å²) in [6, 6.07) is 1.93. The molecule has 2 atom stereocenters. The number of esters is 1. The minimum absolute atomic E-state index is 0.0282. The SMILES string of the molecule is CCOC(=O)C1=C(CN2CC(F)(F)CC2CC(=O)CS(C)(=O)=O)NC(c2nccs2)=N[C@H]1c1ccc(F)cc1Br. The van der Waals surface area contributed by atoms with Crippen molar-refractivity contribution < 1.29 is 35.9 Å². The number of alkyl halides is 2. The maximum absolute atomic E-state index is 14.6. The molecule has 4 rings (SSSR count). The molecule has 15 heteroatoms. The lowest BCUT2D eigenvalue weighted by Crippen LogP contribution is -2.42. The molecule has 1 aromatic heterocycles. The summed E-state index contributed by atoms with van der Waals surface area (Å²) < 4.78 is 72.0. The molecule has 0 bridgehead atoms. The summed E-state index contributed by atoms with van der Waals surface area (Å²) in [6.07, 6.45) is 1.42. The first kappa shape index (κ1) is 30.3. The van der Waals surface area contributed by atoms with Crippen LogP contribution < -0.4 is 5.32 Å². The number of hydrogen-bond donors (Lipinski definition) is 1. The van der Waals surface area contributed by atoms with Crippen molar-refractivity contribution in [1.29, 1.82) is 0 Å². The number of ether oxygens (including phenoxy) is 1. The number of amidine groups is 1. The normalized spacial score (nSPS) is 21.2. The van der Waals surface area contributed by atoms with E-state index in [1.54, 1.807) is 18.5 Å². The van der Waals surface area contributed by atoms with Crippen LogP contribution in [-0.2, 0) is 24.2 Å². The largest absolute Gasteiger partial charge is 0.463 e. The van der Waals surface area contributed by atoms with Crippen LogP contribution in [0.3, 0.4) is 0 Å². The molecular weight excluding hydrogens is 637 g/mol. The molecule has 0 radical (unpaired) electrons. The smallest absolute Gasteiger partial charge is 0.338 e. The molecule has 1 unspecified atom stereocenters. The maximum atomic E-state index is 14.6. The number of likely N-dealkylation sites (tertiary alicyclic amines) is 1. The highest BCUT2D eigenvalue weighted by atomic mass is 79.9. The first-order valence-electron chi connectivity index (χ1n) is 12.2. The van der Waals surface area contributed by atoms with Crippen molar-refractivity contribution >= 4 is 54.7 Å². The molecule has 40 heavy (non-hydrogen) atoms. The minimum Gasteiger partial charge on any atom is -0.463 e. The van der Waals surface area contributed by atoms with Gasteiger partial charge in [0.25, 0.3) is 5.92 Å². The zero-order valence-electron chi connectivity index (χ0n) is 21.5. The standard InChI is InChI=1S/C25H26BrF3N4O5S2/c1-3-38-24(35)20-19(11-33-13-25(28,29)10-15(33)9-16(34)12-40(2,36)37)31-22(23-30-6-7-39-23)32-21(20)17-5-4-14(27)8-18(17)26/h4-8,15,21H,3,9-13H2,1-2H3,(H,31,32)/t15?,21-/m0/s1. The van der Waals surface area contributed by atoms with Crippen LogP contribution in [0.5, 0.6) is 0 Å². The van der Waals surface area contributed by atoms with Crippen molar-refractivity contribution in [3.05, 3.63) is 61.9 Å². The summed E-state index contributed by atoms with van der Waals surface area (Å²) in [4.78, 5) is 36.0. The second-order valence-electron chi connectivity index (χ2n) is 9.55. The van der Waals surface area contributed by atoms with Gasteiger partial charge in [-0.05, 0) is 24.6 Å². The number of rotatable bonds is 10. The van der Waals surface area contributed by atoms with Gasteiger partial charge in [-0.15, -0.1) is 11.3 Å². The summed E-state index contributed by atoms with van der Waals surface area (Å²) in [5.74, 6) is -5.56. The molecular formula is C25H26BrF3N4O5S2. The molecule has 1 fully saturated rings. The third-order valence-electron chi connectivity index (χ3n) is 6.25. The lowest BCUT2D eigenvalue weighted by molar-refractivity contribution is -0.139. The molecule has 2 aliphatic rings. The Bertz CT molecular complexity index is 1460. The Kier molecular flexibility index (Phi) is 9.17. The Balaban J connectivity index is 1.78. The number of nitrogens with one attached hydrogen (secondary N) is 1. The first-order valence-corrected chi connectivity index (χ1v) is 15.9. The first-order chi connectivity index (χ1) is 18.8. The van der Waals surface area contributed by atoms with Gasteiger partial charge < -0.3 is 10.1 Å². The number of halogens is 4. The van der Waals surface area contributed by atoms with E-state index < -0.39 is 70.6 Å². The zero-order valence-corrected chi connectivity index (χ0v) is 24.7. The van der Waals surface area contributed by atoms with E-state index in [4.69, 9.17) is 4.74 Å². The molecule has 0 aliphatic carbocycles. The topological polar surface area (TPSA) is 118 Å². The van der Waals surface area contributed by atoms with Gasteiger partial charge in [0.15, 0.2) is 20.7 Å². The van der Waals surface area contributed by atoms with E-state index in [-0.39, 0.29) is 30.3 Å². The number of Topliss-reactive ketones (excluding diaryl/α,β-unsaturated/α-hetero) is 1. The third kappa shape index (κ3) is 7.36. The summed E-state index contributed by atoms with van der Waals surface area (Å²) in [7, 11) is -3.63. The van der Waals surface area contributed by atoms with Crippen LogP contribution >= 0.6 is 27.3 Å². The fourth-order valence-corrected chi connectivity index (χ4v) is 6.59. The van der Waals surface area contributed by atoms with E-state index in [9.17, 15) is 31.2 Å². The van der Waals surface area contributed by atoms with E-state index in [1.165, 1.54) is 34.4 Å². The van der Waals surface area contributed by atoms with E-state index in [0.717, 1.165) is 6.26 Å². The lowest BCUT2D eigenvalue weighted by Gasteiger charge is -2.31. The van der Waals surface area contributed by atoms with Crippen molar-refractivity contribution in [3.8, 4) is 0 Å². The minimum atomic E-state index is -3.63. The van der Waals surface area contributed by atoms with Crippen molar-refractivity contribution in [1.82, 2.24) is 15.2 Å². The lowest BCUT2D eigenvalue weighted by atomic mass is 9.95. The number of ketones is 1. The van der Waals surface area contributed by atoms with Crippen LogP contribution in [0.4, 0.5) is 13.2 Å². The number of nitrogens with zero attached hydrogens (tertiary/aromatic N) is 3. The quantitative estimate of drug-likeness (QED) is 0.383. The Morgan fingerprint density at radius 3 is 2.70 bits per heavy atom. The van der Waals surface area contributed by atoms with E-state index in [0.29, 0.717) is 15.0 Å². The number of aromatic nitrogens is 1. The molecule has 0 amide bonds. The van der Waals surface area contributed by atoms with Gasteiger partial charge in [-0.25, -0.2) is 31.4 Å².